The Bertz CT molecular complexity index is 548. The highest BCUT2D eigenvalue weighted by Gasteiger charge is 2.15. The molecule has 1 aliphatic rings. The number of nitrogens with one attached hydrogen (secondary N) is 3. The van der Waals surface area contributed by atoms with Gasteiger partial charge in [-0.3, -0.25) is 0 Å². The van der Waals surface area contributed by atoms with E-state index in [1.54, 1.807) is 0 Å². The lowest BCUT2D eigenvalue weighted by Gasteiger charge is -2.28. The quantitative estimate of drug-likeness (QED) is 0.785. The number of anilines is 3. The molecule has 1 aliphatic heterocycles. The lowest BCUT2D eigenvalue weighted by Crippen LogP contribution is -2.38. The Balaban J connectivity index is 1.59. The van der Waals surface area contributed by atoms with Crippen molar-refractivity contribution in [2.24, 2.45) is 0 Å². The zero-order valence-electron chi connectivity index (χ0n) is 11.1. The molecule has 0 radical (unpaired) electrons. The second kappa shape index (κ2) is 5.22. The summed E-state index contributed by atoms with van der Waals surface area (Å²) in [4.78, 5) is 0. The van der Waals surface area contributed by atoms with Gasteiger partial charge in [0, 0.05) is 18.8 Å². The van der Waals surface area contributed by atoms with Crippen molar-refractivity contribution in [2.45, 2.75) is 13.0 Å². The average Bonchev–Trinajstić information content (AvgIpc) is 2.46. The van der Waals surface area contributed by atoms with Gasteiger partial charge in [-0.25, -0.2) is 0 Å². The van der Waals surface area contributed by atoms with Crippen molar-refractivity contribution in [3.05, 3.63) is 54.1 Å². The Labute approximate surface area is 114 Å². The minimum Gasteiger partial charge on any atom is -0.383 e. The first-order valence-corrected chi connectivity index (χ1v) is 6.71. The molecule has 0 amide bonds. The number of rotatable bonds is 3. The molecule has 0 bridgehead atoms. The zero-order valence-corrected chi connectivity index (χ0v) is 11.1. The number of hydrogen-bond donors (Lipinski definition) is 3. The first kappa shape index (κ1) is 11.9. The van der Waals surface area contributed by atoms with Crippen LogP contribution in [0.4, 0.5) is 17.1 Å². The maximum Gasteiger partial charge on any atom is 0.0607 e. The summed E-state index contributed by atoms with van der Waals surface area (Å²) in [6.45, 7) is 3.95. The van der Waals surface area contributed by atoms with Gasteiger partial charge in [-0.1, -0.05) is 29.8 Å². The Kier molecular flexibility index (Phi) is 3.27. The van der Waals surface area contributed by atoms with E-state index in [2.05, 4.69) is 71.4 Å². The van der Waals surface area contributed by atoms with Gasteiger partial charge in [0.05, 0.1) is 17.4 Å². The van der Waals surface area contributed by atoms with Crippen LogP contribution in [0.5, 0.6) is 0 Å². The van der Waals surface area contributed by atoms with Crippen LogP contribution in [0, 0.1) is 6.92 Å². The molecule has 2 aromatic rings. The van der Waals surface area contributed by atoms with E-state index in [1.807, 2.05) is 0 Å². The normalized spacial score (nSPS) is 17.0. The van der Waals surface area contributed by atoms with Gasteiger partial charge in [-0.05, 0) is 31.2 Å². The zero-order chi connectivity index (χ0) is 13.1. The molecule has 98 valence electrons. The van der Waals surface area contributed by atoms with Gasteiger partial charge in [-0.15, -0.1) is 0 Å². The summed E-state index contributed by atoms with van der Waals surface area (Å²) in [5, 5.41) is 10.5. The van der Waals surface area contributed by atoms with Gasteiger partial charge in [0.15, 0.2) is 0 Å². The maximum absolute atomic E-state index is 3.55. The molecule has 3 N–H and O–H groups in total. The molecule has 19 heavy (non-hydrogen) atoms. The minimum atomic E-state index is 0.399. The van der Waals surface area contributed by atoms with Gasteiger partial charge in [-0.2, -0.15) is 0 Å². The predicted molar refractivity (Wildman–Crippen MR) is 82.0 cm³/mol. The third-order valence-corrected chi connectivity index (χ3v) is 3.43. The van der Waals surface area contributed by atoms with E-state index in [1.165, 1.54) is 22.6 Å². The summed E-state index contributed by atoms with van der Waals surface area (Å²) in [5.41, 5.74) is 4.83. The molecule has 0 aromatic heterocycles. The Morgan fingerprint density at radius 2 is 1.79 bits per heavy atom. The Hall–Kier alpha value is -2.16. The molecule has 3 heteroatoms. The van der Waals surface area contributed by atoms with Gasteiger partial charge < -0.3 is 16.0 Å². The molecular formula is C16H19N3. The van der Waals surface area contributed by atoms with Crippen molar-refractivity contribution >= 4 is 17.1 Å². The van der Waals surface area contributed by atoms with Crippen molar-refractivity contribution in [3.63, 3.8) is 0 Å². The lowest BCUT2D eigenvalue weighted by molar-refractivity contribution is 0.772. The molecule has 1 heterocycles. The van der Waals surface area contributed by atoms with Crippen molar-refractivity contribution in [3.8, 4) is 0 Å². The molecule has 0 spiro atoms. The summed E-state index contributed by atoms with van der Waals surface area (Å²) >= 11 is 0. The summed E-state index contributed by atoms with van der Waals surface area (Å²) in [6, 6.07) is 17.2. The lowest BCUT2D eigenvalue weighted by atomic mass is 10.1. The van der Waals surface area contributed by atoms with E-state index in [9.17, 15) is 0 Å². The van der Waals surface area contributed by atoms with Crippen LogP contribution in [0.2, 0.25) is 0 Å². The molecule has 0 aliphatic carbocycles. The molecule has 3 nitrogen and oxygen atoms in total. The van der Waals surface area contributed by atoms with Gasteiger partial charge >= 0.3 is 0 Å². The van der Waals surface area contributed by atoms with E-state index in [0.717, 1.165) is 13.1 Å². The van der Waals surface area contributed by atoms with E-state index in [4.69, 9.17) is 0 Å². The van der Waals surface area contributed by atoms with Crippen molar-refractivity contribution in [1.29, 1.82) is 0 Å². The Morgan fingerprint density at radius 1 is 1.05 bits per heavy atom. The number of hydrogen-bond acceptors (Lipinski definition) is 3. The van der Waals surface area contributed by atoms with Crippen LogP contribution < -0.4 is 16.0 Å². The van der Waals surface area contributed by atoms with Crippen LogP contribution in [-0.4, -0.2) is 19.1 Å². The third kappa shape index (κ3) is 2.81. The summed E-state index contributed by atoms with van der Waals surface area (Å²) in [6.07, 6.45) is 0. The van der Waals surface area contributed by atoms with Crippen LogP contribution in [0.25, 0.3) is 0 Å². The summed E-state index contributed by atoms with van der Waals surface area (Å²) in [5.74, 6) is 0. The molecular weight excluding hydrogens is 234 g/mol. The minimum absolute atomic E-state index is 0.399. The molecule has 3 rings (SSSR count). The van der Waals surface area contributed by atoms with E-state index < -0.39 is 0 Å². The van der Waals surface area contributed by atoms with E-state index in [0.29, 0.717) is 6.04 Å². The van der Waals surface area contributed by atoms with Crippen LogP contribution in [0.3, 0.4) is 0 Å². The molecule has 0 saturated heterocycles. The first-order chi connectivity index (χ1) is 9.31. The van der Waals surface area contributed by atoms with Crippen LogP contribution in [-0.2, 0) is 0 Å². The van der Waals surface area contributed by atoms with Gasteiger partial charge in [0.25, 0.3) is 0 Å². The Morgan fingerprint density at radius 3 is 2.58 bits per heavy atom. The fraction of sp³-hybridized carbons (Fsp3) is 0.250. The molecule has 0 unspecified atom stereocenters. The summed E-state index contributed by atoms with van der Waals surface area (Å²) in [7, 11) is 0. The highest BCUT2D eigenvalue weighted by atomic mass is 15.1. The predicted octanol–water partition coefficient (Wildman–Crippen LogP) is 3.31. The molecule has 0 fully saturated rings. The SMILES string of the molecule is Cc1ccc(NC[C@@H]2CNc3ccccc3N2)cc1. The topological polar surface area (TPSA) is 36.1 Å². The first-order valence-electron chi connectivity index (χ1n) is 6.71. The van der Waals surface area contributed by atoms with Crippen molar-refractivity contribution in [2.75, 3.05) is 29.0 Å². The monoisotopic (exact) mass is 253 g/mol. The van der Waals surface area contributed by atoms with Crippen LogP contribution in [0.15, 0.2) is 48.5 Å². The van der Waals surface area contributed by atoms with E-state index >= 15 is 0 Å². The highest BCUT2D eigenvalue weighted by Crippen LogP contribution is 2.25. The van der Waals surface area contributed by atoms with Crippen molar-refractivity contribution < 1.29 is 0 Å². The fourth-order valence-electron chi connectivity index (χ4n) is 2.30. The maximum atomic E-state index is 3.55. The average molecular weight is 253 g/mol. The molecule has 2 aromatic carbocycles. The number of para-hydroxylation sites is 2. The largest absolute Gasteiger partial charge is 0.383 e. The second-order valence-electron chi connectivity index (χ2n) is 5.01. The fourth-order valence-corrected chi connectivity index (χ4v) is 2.30. The molecule has 1 atom stereocenters. The number of aryl methyl sites for hydroxylation is 1. The van der Waals surface area contributed by atoms with E-state index in [-0.39, 0.29) is 0 Å². The van der Waals surface area contributed by atoms with Crippen molar-refractivity contribution in [1.82, 2.24) is 0 Å². The number of benzene rings is 2. The highest BCUT2D eigenvalue weighted by molar-refractivity contribution is 5.71. The standard InChI is InChI=1S/C16H19N3/c1-12-6-8-13(9-7-12)17-10-14-11-18-15-4-2-3-5-16(15)19-14/h2-9,14,17-19H,10-11H2,1H3/t14-/m1/s1. The third-order valence-electron chi connectivity index (χ3n) is 3.43. The molecule has 0 saturated carbocycles. The van der Waals surface area contributed by atoms with Gasteiger partial charge in [0.1, 0.15) is 0 Å². The second-order valence-corrected chi connectivity index (χ2v) is 5.01. The van der Waals surface area contributed by atoms with Gasteiger partial charge in [0.2, 0.25) is 0 Å². The van der Waals surface area contributed by atoms with Crippen LogP contribution in [0.1, 0.15) is 5.56 Å². The summed E-state index contributed by atoms with van der Waals surface area (Å²) < 4.78 is 0. The van der Waals surface area contributed by atoms with Crippen LogP contribution >= 0.6 is 0 Å². The number of fused-ring (bicyclic) bond motifs is 1. The smallest absolute Gasteiger partial charge is 0.0607 e.